The van der Waals surface area contributed by atoms with E-state index in [-0.39, 0.29) is 6.16 Å². The first kappa shape index (κ1) is 15.5. The Morgan fingerprint density at radius 3 is 1.95 bits per heavy atom. The molecule has 0 spiro atoms. The normalized spacial score (nSPS) is 25.8. The number of rotatable bonds is 4. The number of likely N-dealkylation sites (tertiary alicyclic amines) is 2. The monoisotopic (exact) mass is 290 g/mol. The summed E-state index contributed by atoms with van der Waals surface area (Å²) in [5.74, 6) is 1.71. The van der Waals surface area contributed by atoms with Crippen LogP contribution in [0.4, 0.5) is 0 Å². The summed E-state index contributed by atoms with van der Waals surface area (Å²) in [6.45, 7) is 5.02. The molecule has 19 heavy (non-hydrogen) atoms. The zero-order chi connectivity index (χ0) is 13.9. The summed E-state index contributed by atoms with van der Waals surface area (Å²) in [7, 11) is -1.63. The fourth-order valence-electron chi connectivity index (χ4n) is 3.42. The Balaban J connectivity index is 1.69. The van der Waals surface area contributed by atoms with Gasteiger partial charge < -0.3 is 19.6 Å². The summed E-state index contributed by atoms with van der Waals surface area (Å²) in [6, 6.07) is 0. The largest absolute Gasteiger partial charge is 0.326 e. The van der Waals surface area contributed by atoms with Gasteiger partial charge in [-0.25, -0.2) is 0 Å². The van der Waals surface area contributed by atoms with Crippen molar-refractivity contribution in [2.45, 2.75) is 25.7 Å². The Labute approximate surface area is 116 Å². The molecule has 2 aliphatic heterocycles. The SMILES string of the molecule is CN1CCC(C2CCN(CCP(=O)(O)O)CC2)CC1. The average molecular weight is 290 g/mol. The van der Waals surface area contributed by atoms with E-state index in [1.54, 1.807) is 0 Å². The van der Waals surface area contributed by atoms with Gasteiger partial charge in [0.2, 0.25) is 0 Å². The van der Waals surface area contributed by atoms with Gasteiger partial charge in [0.25, 0.3) is 0 Å². The van der Waals surface area contributed by atoms with E-state index in [0.717, 1.165) is 24.9 Å². The zero-order valence-electron chi connectivity index (χ0n) is 11.9. The van der Waals surface area contributed by atoms with Crippen LogP contribution < -0.4 is 0 Å². The Kier molecular flexibility index (Phi) is 5.44. The second kappa shape index (κ2) is 6.68. The van der Waals surface area contributed by atoms with Crippen LogP contribution in [0.1, 0.15) is 25.7 Å². The topological polar surface area (TPSA) is 64.0 Å². The second-order valence-corrected chi connectivity index (χ2v) is 7.98. The summed E-state index contributed by atoms with van der Waals surface area (Å²) in [4.78, 5) is 22.4. The van der Waals surface area contributed by atoms with Crippen molar-refractivity contribution in [3.8, 4) is 0 Å². The molecule has 2 saturated heterocycles. The van der Waals surface area contributed by atoms with Crippen molar-refractivity contribution in [2.75, 3.05) is 45.9 Å². The molecule has 0 unspecified atom stereocenters. The van der Waals surface area contributed by atoms with Crippen molar-refractivity contribution in [1.29, 1.82) is 0 Å². The van der Waals surface area contributed by atoms with Crippen LogP contribution in [0.3, 0.4) is 0 Å². The van der Waals surface area contributed by atoms with E-state index in [0.29, 0.717) is 6.54 Å². The molecule has 0 bridgehead atoms. The van der Waals surface area contributed by atoms with Crippen LogP contribution in [0, 0.1) is 11.8 Å². The molecule has 0 amide bonds. The molecule has 2 heterocycles. The Hall–Kier alpha value is 0.0700. The van der Waals surface area contributed by atoms with Crippen LogP contribution in [0.15, 0.2) is 0 Å². The highest BCUT2D eigenvalue weighted by atomic mass is 31.2. The van der Waals surface area contributed by atoms with Crippen LogP contribution in [0.2, 0.25) is 0 Å². The maximum atomic E-state index is 10.9. The summed E-state index contributed by atoms with van der Waals surface area (Å²) in [6.07, 6.45) is 5.06. The molecule has 0 aromatic carbocycles. The Morgan fingerprint density at radius 1 is 1.00 bits per heavy atom. The molecular formula is C13H27N2O3P. The first-order valence-corrected chi connectivity index (χ1v) is 9.19. The van der Waals surface area contributed by atoms with Gasteiger partial charge in [-0.3, -0.25) is 4.57 Å². The van der Waals surface area contributed by atoms with E-state index in [9.17, 15) is 4.57 Å². The highest BCUT2D eigenvalue weighted by molar-refractivity contribution is 7.51. The molecule has 2 rings (SSSR count). The van der Waals surface area contributed by atoms with Gasteiger partial charge in [0, 0.05) is 6.54 Å². The van der Waals surface area contributed by atoms with Crippen molar-refractivity contribution in [1.82, 2.24) is 9.80 Å². The third-order valence-electron chi connectivity index (χ3n) is 4.77. The molecule has 2 fully saturated rings. The average Bonchev–Trinajstić information content (AvgIpc) is 2.37. The molecular weight excluding hydrogens is 263 g/mol. The first-order chi connectivity index (χ1) is 8.94. The minimum absolute atomic E-state index is 0.00584. The van der Waals surface area contributed by atoms with E-state index < -0.39 is 7.60 Å². The summed E-state index contributed by atoms with van der Waals surface area (Å²) < 4.78 is 10.9. The van der Waals surface area contributed by atoms with Crippen molar-refractivity contribution in [3.05, 3.63) is 0 Å². The van der Waals surface area contributed by atoms with Crippen LogP contribution in [0.5, 0.6) is 0 Å². The van der Waals surface area contributed by atoms with Gasteiger partial charge in [-0.05, 0) is 70.7 Å². The molecule has 0 aromatic rings. The van der Waals surface area contributed by atoms with Crippen LogP contribution in [-0.4, -0.2) is 65.5 Å². The highest BCUT2D eigenvalue weighted by Crippen LogP contribution is 2.35. The maximum absolute atomic E-state index is 10.9. The lowest BCUT2D eigenvalue weighted by Gasteiger charge is -2.39. The smallest absolute Gasteiger partial charge is 0.324 e. The minimum atomic E-state index is -3.83. The van der Waals surface area contributed by atoms with Gasteiger partial charge in [0.05, 0.1) is 6.16 Å². The molecule has 2 aliphatic rings. The van der Waals surface area contributed by atoms with E-state index in [1.807, 2.05) is 0 Å². The van der Waals surface area contributed by atoms with E-state index in [1.165, 1.54) is 38.8 Å². The quantitative estimate of drug-likeness (QED) is 0.762. The summed E-state index contributed by atoms with van der Waals surface area (Å²) >= 11 is 0. The fourth-order valence-corrected chi connectivity index (χ4v) is 3.96. The third-order valence-corrected chi connectivity index (χ3v) is 5.55. The summed E-state index contributed by atoms with van der Waals surface area (Å²) in [5, 5.41) is 0. The standard InChI is InChI=1S/C13H27N2O3P/c1-14-6-2-12(3-7-14)13-4-8-15(9-5-13)10-11-19(16,17)18/h12-13H,2-11H2,1H3,(H2,16,17,18). The van der Waals surface area contributed by atoms with Gasteiger partial charge in [-0.1, -0.05) is 0 Å². The highest BCUT2D eigenvalue weighted by Gasteiger charge is 2.29. The van der Waals surface area contributed by atoms with Crippen molar-refractivity contribution in [2.24, 2.45) is 11.8 Å². The van der Waals surface area contributed by atoms with Crippen LogP contribution in [-0.2, 0) is 4.57 Å². The number of hydrogen-bond donors (Lipinski definition) is 2. The number of nitrogens with zero attached hydrogens (tertiary/aromatic N) is 2. The van der Waals surface area contributed by atoms with Gasteiger partial charge in [-0.2, -0.15) is 0 Å². The Bertz CT molecular complexity index is 318. The zero-order valence-corrected chi connectivity index (χ0v) is 12.8. The number of hydrogen-bond acceptors (Lipinski definition) is 3. The van der Waals surface area contributed by atoms with Crippen LogP contribution >= 0.6 is 7.60 Å². The lowest BCUT2D eigenvalue weighted by molar-refractivity contribution is 0.108. The van der Waals surface area contributed by atoms with Gasteiger partial charge in [-0.15, -0.1) is 0 Å². The molecule has 0 aliphatic carbocycles. The molecule has 6 heteroatoms. The molecule has 0 saturated carbocycles. The van der Waals surface area contributed by atoms with Gasteiger partial charge in [0.15, 0.2) is 0 Å². The number of piperidine rings is 2. The molecule has 112 valence electrons. The van der Waals surface area contributed by atoms with Crippen molar-refractivity contribution in [3.63, 3.8) is 0 Å². The Morgan fingerprint density at radius 2 is 1.47 bits per heavy atom. The fraction of sp³-hybridized carbons (Fsp3) is 1.00. The second-order valence-electron chi connectivity index (χ2n) is 6.21. The molecule has 2 N–H and O–H groups in total. The predicted octanol–water partition coefficient (Wildman–Crippen LogP) is 1.22. The minimum Gasteiger partial charge on any atom is -0.324 e. The lowest BCUT2D eigenvalue weighted by atomic mass is 9.79. The third kappa shape index (κ3) is 5.16. The van der Waals surface area contributed by atoms with Crippen molar-refractivity contribution < 1.29 is 14.4 Å². The molecule has 5 nitrogen and oxygen atoms in total. The van der Waals surface area contributed by atoms with E-state index in [4.69, 9.17) is 9.79 Å². The maximum Gasteiger partial charge on any atom is 0.326 e. The molecule has 0 atom stereocenters. The van der Waals surface area contributed by atoms with Gasteiger partial charge in [0.1, 0.15) is 0 Å². The van der Waals surface area contributed by atoms with E-state index in [2.05, 4.69) is 16.8 Å². The summed E-state index contributed by atoms with van der Waals surface area (Å²) in [5.41, 5.74) is 0. The van der Waals surface area contributed by atoms with Crippen molar-refractivity contribution >= 4 is 7.60 Å². The first-order valence-electron chi connectivity index (χ1n) is 7.39. The lowest BCUT2D eigenvalue weighted by Crippen LogP contribution is -2.40. The predicted molar refractivity (Wildman–Crippen MR) is 76.3 cm³/mol. The van der Waals surface area contributed by atoms with Gasteiger partial charge >= 0.3 is 7.60 Å². The van der Waals surface area contributed by atoms with Crippen LogP contribution in [0.25, 0.3) is 0 Å². The van der Waals surface area contributed by atoms with E-state index >= 15 is 0 Å². The molecule has 0 radical (unpaired) electrons. The molecule has 0 aromatic heterocycles.